The number of hydrogen-bond donors (Lipinski definition) is 1. The lowest BCUT2D eigenvalue weighted by Gasteiger charge is -2.11. The molecule has 0 aromatic heterocycles. The molecule has 1 aromatic rings. The van der Waals surface area contributed by atoms with Crippen LogP contribution < -0.4 is 5.73 Å². The summed E-state index contributed by atoms with van der Waals surface area (Å²) in [4.78, 5) is 21.7. The van der Waals surface area contributed by atoms with Crippen LogP contribution in [0.4, 0.5) is 11.4 Å². The van der Waals surface area contributed by atoms with E-state index in [4.69, 9.17) is 15.7 Å². The Morgan fingerprint density at radius 1 is 1.68 bits per heavy atom. The van der Waals surface area contributed by atoms with Crippen LogP contribution in [0, 0.1) is 25.0 Å². The number of nitrogen functional groups attached to an aromatic ring is 1. The van der Waals surface area contributed by atoms with Gasteiger partial charge in [0.05, 0.1) is 17.6 Å². The fourth-order valence-corrected chi connectivity index (χ4v) is 2.21. The van der Waals surface area contributed by atoms with Gasteiger partial charge in [-0.05, 0) is 41.1 Å². The molecule has 0 spiro atoms. The summed E-state index contributed by atoms with van der Waals surface area (Å²) in [6.07, 6.45) is 0. The predicted molar refractivity (Wildman–Crippen MR) is 75.2 cm³/mol. The largest absolute Gasteiger partial charge is 0.465 e. The van der Waals surface area contributed by atoms with E-state index >= 15 is 0 Å². The van der Waals surface area contributed by atoms with Crippen LogP contribution >= 0.6 is 22.6 Å². The van der Waals surface area contributed by atoms with Gasteiger partial charge in [0.25, 0.3) is 5.69 Å². The van der Waals surface area contributed by atoms with E-state index in [1.165, 1.54) is 12.1 Å². The average molecular weight is 375 g/mol. The summed E-state index contributed by atoms with van der Waals surface area (Å²) in [6, 6.07) is 4.31. The molecule has 8 heteroatoms. The topological polar surface area (TPSA) is 119 Å². The first-order valence-electron chi connectivity index (χ1n) is 5.21. The zero-order chi connectivity index (χ0) is 14.6. The van der Waals surface area contributed by atoms with Gasteiger partial charge in [-0.2, -0.15) is 5.26 Å². The maximum Gasteiger partial charge on any atom is 0.327 e. The van der Waals surface area contributed by atoms with E-state index in [0.29, 0.717) is 9.13 Å². The van der Waals surface area contributed by atoms with Crippen molar-refractivity contribution in [2.24, 2.45) is 0 Å². The highest BCUT2D eigenvalue weighted by molar-refractivity contribution is 14.1. The molecule has 1 rings (SSSR count). The SMILES string of the molecule is CCOC(=O)C(C#N)c1cc(N)c([N+](=O)[O-])cc1I. The number of ether oxygens (including phenoxy) is 1. The number of carbonyl (C=O) groups excluding carboxylic acids is 1. The monoisotopic (exact) mass is 375 g/mol. The Morgan fingerprint density at radius 2 is 2.32 bits per heavy atom. The molecule has 1 atom stereocenters. The van der Waals surface area contributed by atoms with Crippen molar-refractivity contribution in [1.82, 2.24) is 0 Å². The van der Waals surface area contributed by atoms with Gasteiger partial charge in [-0.25, -0.2) is 0 Å². The van der Waals surface area contributed by atoms with Crippen LogP contribution in [0.5, 0.6) is 0 Å². The van der Waals surface area contributed by atoms with Gasteiger partial charge >= 0.3 is 5.97 Å². The third-order valence-electron chi connectivity index (χ3n) is 2.31. The minimum Gasteiger partial charge on any atom is -0.465 e. The van der Waals surface area contributed by atoms with Crippen LogP contribution in [-0.4, -0.2) is 17.5 Å². The van der Waals surface area contributed by atoms with Crippen LogP contribution in [-0.2, 0) is 9.53 Å². The number of halogens is 1. The summed E-state index contributed by atoms with van der Waals surface area (Å²) in [5.74, 6) is -1.84. The summed E-state index contributed by atoms with van der Waals surface area (Å²) < 4.78 is 5.20. The first kappa shape index (κ1) is 15.2. The lowest BCUT2D eigenvalue weighted by atomic mass is 9.99. The van der Waals surface area contributed by atoms with E-state index in [1.807, 2.05) is 28.7 Å². The number of benzene rings is 1. The van der Waals surface area contributed by atoms with Crippen molar-refractivity contribution in [1.29, 1.82) is 5.26 Å². The van der Waals surface area contributed by atoms with Crippen LogP contribution in [0.25, 0.3) is 0 Å². The van der Waals surface area contributed by atoms with Gasteiger partial charge in [-0.1, -0.05) is 0 Å². The van der Waals surface area contributed by atoms with Crippen molar-refractivity contribution in [2.75, 3.05) is 12.3 Å². The first-order valence-corrected chi connectivity index (χ1v) is 6.29. The van der Waals surface area contributed by atoms with Crippen molar-refractivity contribution in [2.45, 2.75) is 12.8 Å². The number of nitriles is 1. The molecule has 100 valence electrons. The van der Waals surface area contributed by atoms with E-state index in [1.54, 1.807) is 6.92 Å². The number of carbonyl (C=O) groups is 1. The maximum atomic E-state index is 11.6. The molecule has 0 saturated carbocycles. The number of rotatable bonds is 4. The molecule has 0 aliphatic carbocycles. The lowest BCUT2D eigenvalue weighted by Crippen LogP contribution is -2.16. The third-order valence-corrected chi connectivity index (χ3v) is 3.24. The van der Waals surface area contributed by atoms with Gasteiger partial charge in [-0.15, -0.1) is 0 Å². The standard InChI is InChI=1S/C11H10IN3O4/c1-2-19-11(16)7(5-13)6-3-9(14)10(15(17)18)4-8(6)12/h3-4,7H,2,14H2,1H3. The van der Waals surface area contributed by atoms with Crippen molar-refractivity contribution in [3.8, 4) is 6.07 Å². The quantitative estimate of drug-likeness (QED) is 0.282. The Morgan fingerprint density at radius 3 is 2.79 bits per heavy atom. The fourth-order valence-electron chi connectivity index (χ4n) is 1.45. The smallest absolute Gasteiger partial charge is 0.327 e. The highest BCUT2D eigenvalue weighted by Gasteiger charge is 2.26. The summed E-state index contributed by atoms with van der Waals surface area (Å²) in [5.41, 5.74) is 5.51. The second-order valence-corrected chi connectivity index (χ2v) is 4.67. The molecule has 0 bridgehead atoms. The van der Waals surface area contributed by atoms with E-state index in [9.17, 15) is 14.9 Å². The maximum absolute atomic E-state index is 11.6. The van der Waals surface area contributed by atoms with Gasteiger partial charge in [0, 0.05) is 9.64 Å². The van der Waals surface area contributed by atoms with Crippen molar-refractivity contribution >= 4 is 39.9 Å². The number of nitrogens with two attached hydrogens (primary N) is 1. The molecular formula is C11H10IN3O4. The van der Waals surface area contributed by atoms with Crippen molar-refractivity contribution in [3.05, 3.63) is 31.4 Å². The molecule has 1 aromatic carbocycles. The molecular weight excluding hydrogens is 365 g/mol. The number of nitrogens with zero attached hydrogens (tertiary/aromatic N) is 2. The molecule has 0 radical (unpaired) electrons. The number of nitro groups is 1. The highest BCUT2D eigenvalue weighted by Crippen LogP contribution is 2.31. The first-order chi connectivity index (χ1) is 8.92. The van der Waals surface area contributed by atoms with Crippen LogP contribution in [0.3, 0.4) is 0 Å². The normalized spacial score (nSPS) is 11.4. The predicted octanol–water partition coefficient (Wildman–Crippen LogP) is 1.95. The molecule has 0 saturated heterocycles. The molecule has 7 nitrogen and oxygen atoms in total. The minimum absolute atomic E-state index is 0.0926. The Bertz CT molecular complexity index is 568. The van der Waals surface area contributed by atoms with Gasteiger partial charge in [0.2, 0.25) is 0 Å². The number of hydrogen-bond acceptors (Lipinski definition) is 6. The molecule has 0 fully saturated rings. The van der Waals surface area contributed by atoms with E-state index in [2.05, 4.69) is 0 Å². The second-order valence-electron chi connectivity index (χ2n) is 3.50. The molecule has 0 aliphatic heterocycles. The minimum atomic E-state index is -1.14. The number of anilines is 1. The average Bonchev–Trinajstić information content (AvgIpc) is 2.34. The van der Waals surface area contributed by atoms with Crippen molar-refractivity contribution in [3.63, 3.8) is 0 Å². The fraction of sp³-hybridized carbons (Fsp3) is 0.273. The Labute approximate surface area is 122 Å². The third kappa shape index (κ3) is 3.31. The number of nitro benzene ring substituents is 1. The Hall–Kier alpha value is -1.89. The summed E-state index contributed by atoms with van der Waals surface area (Å²) >= 11 is 1.82. The Balaban J connectivity index is 3.28. The van der Waals surface area contributed by atoms with Gasteiger partial charge < -0.3 is 10.5 Å². The van der Waals surface area contributed by atoms with E-state index < -0.39 is 16.8 Å². The zero-order valence-corrected chi connectivity index (χ0v) is 12.1. The summed E-state index contributed by atoms with van der Waals surface area (Å²) in [7, 11) is 0. The van der Waals surface area contributed by atoms with Gasteiger partial charge in [-0.3, -0.25) is 14.9 Å². The number of esters is 1. The molecule has 2 N–H and O–H groups in total. The van der Waals surface area contributed by atoms with Crippen LogP contribution in [0.2, 0.25) is 0 Å². The molecule has 0 heterocycles. The van der Waals surface area contributed by atoms with Gasteiger partial charge in [0.15, 0.2) is 5.92 Å². The lowest BCUT2D eigenvalue weighted by molar-refractivity contribution is -0.384. The second kappa shape index (κ2) is 6.33. The summed E-state index contributed by atoms with van der Waals surface area (Å²) in [6.45, 7) is 1.78. The summed E-state index contributed by atoms with van der Waals surface area (Å²) in [5, 5.41) is 19.8. The highest BCUT2D eigenvalue weighted by atomic mass is 127. The molecule has 0 amide bonds. The van der Waals surface area contributed by atoms with Crippen LogP contribution in [0.15, 0.2) is 12.1 Å². The molecule has 19 heavy (non-hydrogen) atoms. The zero-order valence-electron chi connectivity index (χ0n) is 9.92. The molecule has 0 aliphatic rings. The Kier molecular flexibility index (Phi) is 5.05. The van der Waals surface area contributed by atoms with E-state index in [-0.39, 0.29) is 18.0 Å². The van der Waals surface area contributed by atoms with E-state index in [0.717, 1.165) is 0 Å². The van der Waals surface area contributed by atoms with Crippen molar-refractivity contribution < 1.29 is 14.5 Å². The molecule has 1 unspecified atom stereocenters. The van der Waals surface area contributed by atoms with Gasteiger partial charge in [0.1, 0.15) is 5.69 Å². The van der Waals surface area contributed by atoms with Crippen LogP contribution in [0.1, 0.15) is 18.4 Å².